The molecule has 0 aliphatic carbocycles. The Hall–Kier alpha value is -2.14. The van der Waals surface area contributed by atoms with Crippen molar-refractivity contribution in [2.75, 3.05) is 12.5 Å². The smallest absolute Gasteiger partial charge is 0.215 e. The normalized spacial score (nSPS) is 12.3. The van der Waals surface area contributed by atoms with Crippen molar-refractivity contribution in [3.63, 3.8) is 0 Å². The van der Waals surface area contributed by atoms with E-state index in [0.29, 0.717) is 0 Å². The first-order valence-corrected chi connectivity index (χ1v) is 9.60. The molecule has 0 saturated heterocycles. The van der Waals surface area contributed by atoms with Crippen molar-refractivity contribution in [2.45, 2.75) is 10.1 Å². The van der Waals surface area contributed by atoms with Crippen LogP contribution in [-0.2, 0) is 26.7 Å². The fraction of sp³-hybridized carbons (Fsp3) is 0.273. The molecule has 2 aromatic heterocycles. The molecule has 0 saturated carbocycles. The molecule has 0 bridgehead atoms. The number of pyridine rings is 1. The Morgan fingerprint density at radius 3 is 2.18 bits per heavy atom. The van der Waals surface area contributed by atoms with Crippen molar-refractivity contribution in [3.8, 4) is 0 Å². The lowest BCUT2D eigenvalue weighted by atomic mass is 10.1. The average Bonchev–Trinajstić information content (AvgIpc) is 2.81. The zero-order chi connectivity index (χ0) is 16.7. The third kappa shape index (κ3) is 3.04. The van der Waals surface area contributed by atoms with Crippen LogP contribution in [0.1, 0.15) is 16.1 Å². The minimum Gasteiger partial charge on any atom is -0.287 e. The maximum atomic E-state index is 12.4. The number of aryl methyl sites for hydroxylation is 1. The van der Waals surface area contributed by atoms with E-state index in [9.17, 15) is 21.6 Å². The van der Waals surface area contributed by atoms with Crippen molar-refractivity contribution in [1.29, 1.82) is 0 Å². The van der Waals surface area contributed by atoms with Crippen molar-refractivity contribution >= 4 is 25.5 Å². The van der Waals surface area contributed by atoms with Gasteiger partial charge in [0.05, 0.1) is 11.8 Å². The molecule has 0 amide bonds. The topological polar surface area (TPSA) is 129 Å². The minimum atomic E-state index is -3.91. The Labute approximate surface area is 126 Å². The first-order chi connectivity index (χ1) is 10.0. The van der Waals surface area contributed by atoms with Crippen LogP contribution in [0.4, 0.5) is 0 Å². The van der Waals surface area contributed by atoms with Gasteiger partial charge >= 0.3 is 0 Å². The van der Waals surface area contributed by atoms with Crippen molar-refractivity contribution in [1.82, 2.24) is 20.0 Å². The zero-order valence-electron chi connectivity index (χ0n) is 11.9. The molecule has 0 aliphatic rings. The Kier molecular flexibility index (Phi) is 3.87. The van der Waals surface area contributed by atoms with Crippen LogP contribution < -0.4 is 0 Å². The minimum absolute atomic E-state index is 0.0544. The molecule has 11 heteroatoms. The number of carbonyl (C=O) groups excluding carboxylic acids is 1. The number of hydrogen-bond donors (Lipinski definition) is 0. The standard InChI is InChI=1S/C11H12N4O5S2/c1-15-8(6-12-14-15)10(16)7-4-5-9(21(2,17)18)13-11(7)22(3,19)20/h4-6H,1-3H3. The lowest BCUT2D eigenvalue weighted by molar-refractivity contribution is 0.102. The first kappa shape index (κ1) is 16.2. The van der Waals surface area contributed by atoms with Crippen LogP contribution in [0, 0.1) is 0 Å². The molecule has 0 aliphatic heterocycles. The van der Waals surface area contributed by atoms with Gasteiger partial charge in [0.2, 0.25) is 5.78 Å². The van der Waals surface area contributed by atoms with Gasteiger partial charge in [-0.15, -0.1) is 5.10 Å². The van der Waals surface area contributed by atoms with Crippen molar-refractivity contribution in [3.05, 3.63) is 29.6 Å². The molecule has 2 rings (SSSR count). The second kappa shape index (κ2) is 5.25. The lowest BCUT2D eigenvalue weighted by Crippen LogP contribution is -2.16. The van der Waals surface area contributed by atoms with Crippen LogP contribution in [0.25, 0.3) is 0 Å². The summed E-state index contributed by atoms with van der Waals surface area (Å²) in [4.78, 5) is 16.0. The van der Waals surface area contributed by atoms with Gasteiger partial charge in [0, 0.05) is 19.6 Å². The van der Waals surface area contributed by atoms with E-state index in [4.69, 9.17) is 0 Å². The van der Waals surface area contributed by atoms with Gasteiger partial charge in [-0.3, -0.25) is 4.79 Å². The predicted octanol–water partition coefficient (Wildman–Crippen LogP) is -0.752. The fourth-order valence-corrected chi connectivity index (χ4v) is 3.17. The molecule has 0 fully saturated rings. The van der Waals surface area contributed by atoms with E-state index in [1.165, 1.54) is 17.9 Å². The third-order valence-corrected chi connectivity index (χ3v) is 4.76. The van der Waals surface area contributed by atoms with Gasteiger partial charge in [-0.2, -0.15) is 0 Å². The van der Waals surface area contributed by atoms with Gasteiger partial charge in [-0.1, -0.05) is 5.21 Å². The zero-order valence-corrected chi connectivity index (χ0v) is 13.5. The average molecular weight is 344 g/mol. The molecule has 2 aromatic rings. The molecular weight excluding hydrogens is 332 g/mol. The monoisotopic (exact) mass is 344 g/mol. The second-order valence-electron chi connectivity index (χ2n) is 4.62. The van der Waals surface area contributed by atoms with Gasteiger partial charge in [0.25, 0.3) is 0 Å². The highest BCUT2D eigenvalue weighted by atomic mass is 32.2. The maximum Gasteiger partial charge on any atom is 0.215 e. The molecule has 9 nitrogen and oxygen atoms in total. The number of carbonyl (C=O) groups is 1. The molecule has 0 spiro atoms. The van der Waals surface area contributed by atoms with E-state index < -0.39 is 35.5 Å². The Morgan fingerprint density at radius 2 is 1.73 bits per heavy atom. The van der Waals surface area contributed by atoms with E-state index in [0.717, 1.165) is 24.6 Å². The summed E-state index contributed by atoms with van der Waals surface area (Å²) >= 11 is 0. The molecular formula is C11H12N4O5S2. The first-order valence-electron chi connectivity index (χ1n) is 5.82. The van der Waals surface area contributed by atoms with E-state index in [-0.39, 0.29) is 11.3 Å². The van der Waals surface area contributed by atoms with Crippen LogP contribution in [0.3, 0.4) is 0 Å². The van der Waals surface area contributed by atoms with Crippen LogP contribution in [0.15, 0.2) is 28.4 Å². The molecule has 118 valence electrons. The van der Waals surface area contributed by atoms with Crippen LogP contribution in [-0.4, -0.2) is 55.1 Å². The number of aromatic nitrogens is 4. The summed E-state index contributed by atoms with van der Waals surface area (Å²) in [5.41, 5.74) is -0.181. The maximum absolute atomic E-state index is 12.4. The van der Waals surface area contributed by atoms with Crippen LogP contribution in [0.5, 0.6) is 0 Å². The highest BCUT2D eigenvalue weighted by molar-refractivity contribution is 7.91. The number of rotatable bonds is 4. The van der Waals surface area contributed by atoms with Crippen LogP contribution in [0.2, 0.25) is 0 Å². The lowest BCUT2D eigenvalue weighted by Gasteiger charge is -2.08. The largest absolute Gasteiger partial charge is 0.287 e. The van der Waals surface area contributed by atoms with Crippen molar-refractivity contribution < 1.29 is 21.6 Å². The molecule has 0 aromatic carbocycles. The number of sulfone groups is 2. The molecule has 0 atom stereocenters. The fourth-order valence-electron chi connectivity index (χ4n) is 1.72. The second-order valence-corrected chi connectivity index (χ2v) is 8.51. The third-order valence-electron chi connectivity index (χ3n) is 2.76. The summed E-state index contributed by atoms with van der Waals surface area (Å²) in [6.07, 6.45) is 2.92. The van der Waals surface area contributed by atoms with Gasteiger partial charge < -0.3 is 0 Å². The summed E-state index contributed by atoms with van der Waals surface area (Å²) in [5.74, 6) is -0.666. The van der Waals surface area contributed by atoms with E-state index >= 15 is 0 Å². The molecule has 0 unspecified atom stereocenters. The summed E-state index contributed by atoms with van der Waals surface area (Å²) < 4.78 is 47.9. The molecule has 2 heterocycles. The Balaban J connectivity index is 2.72. The summed E-state index contributed by atoms with van der Waals surface area (Å²) in [6, 6.07) is 2.20. The van der Waals surface area contributed by atoms with E-state index in [1.54, 1.807) is 0 Å². The van der Waals surface area contributed by atoms with Gasteiger partial charge in [0.1, 0.15) is 5.69 Å². The molecule has 22 heavy (non-hydrogen) atoms. The van der Waals surface area contributed by atoms with E-state index in [2.05, 4.69) is 15.3 Å². The van der Waals surface area contributed by atoms with Gasteiger partial charge in [-0.25, -0.2) is 26.5 Å². The van der Waals surface area contributed by atoms with Gasteiger partial charge in [0.15, 0.2) is 29.7 Å². The number of nitrogens with zero attached hydrogens (tertiary/aromatic N) is 4. The van der Waals surface area contributed by atoms with Crippen LogP contribution >= 0.6 is 0 Å². The van der Waals surface area contributed by atoms with Crippen molar-refractivity contribution in [2.24, 2.45) is 7.05 Å². The quantitative estimate of drug-likeness (QED) is 0.662. The van der Waals surface area contributed by atoms with Gasteiger partial charge in [-0.05, 0) is 12.1 Å². The molecule has 0 N–H and O–H groups in total. The Morgan fingerprint density at radius 1 is 1.09 bits per heavy atom. The summed E-state index contributed by atoms with van der Waals surface area (Å²) in [7, 11) is -6.15. The predicted molar refractivity (Wildman–Crippen MR) is 74.9 cm³/mol. The molecule has 0 radical (unpaired) electrons. The Bertz CT molecular complexity index is 960. The van der Waals surface area contributed by atoms with E-state index in [1.807, 2.05) is 0 Å². The summed E-state index contributed by atoms with van der Waals surface area (Å²) in [6.45, 7) is 0. The SMILES string of the molecule is Cn1nncc1C(=O)c1ccc(S(C)(=O)=O)nc1S(C)(=O)=O. The number of hydrogen-bond acceptors (Lipinski definition) is 8. The highest BCUT2D eigenvalue weighted by Crippen LogP contribution is 2.19. The highest BCUT2D eigenvalue weighted by Gasteiger charge is 2.26. The number of ketones is 1. The summed E-state index contributed by atoms with van der Waals surface area (Å²) in [5, 5.41) is 6.12.